The van der Waals surface area contributed by atoms with Crippen molar-refractivity contribution >= 4 is 33.7 Å². The molecule has 0 amide bonds. The van der Waals surface area contributed by atoms with Gasteiger partial charge in [0.05, 0.1) is 11.7 Å². The van der Waals surface area contributed by atoms with Crippen LogP contribution in [-0.4, -0.2) is 16.3 Å². The Morgan fingerprint density at radius 3 is 2.59 bits per heavy atom. The van der Waals surface area contributed by atoms with Gasteiger partial charge in [-0.3, -0.25) is 5.43 Å². The number of rotatable bonds is 3. The van der Waals surface area contributed by atoms with E-state index in [2.05, 4.69) is 43.4 Å². The third kappa shape index (κ3) is 3.22. The van der Waals surface area contributed by atoms with Crippen LogP contribution in [0.2, 0.25) is 0 Å². The number of aryl methyl sites for hydroxylation is 3. The molecule has 134 valence electrons. The van der Waals surface area contributed by atoms with Gasteiger partial charge >= 0.3 is 0 Å². The lowest BCUT2D eigenvalue weighted by Crippen LogP contribution is -1.97. The second-order valence-corrected chi connectivity index (χ2v) is 6.89. The molecule has 0 aliphatic heterocycles. The number of pyridine rings is 1. The van der Waals surface area contributed by atoms with Crippen LogP contribution in [0.15, 0.2) is 59.7 Å². The second-order valence-electron chi connectivity index (χ2n) is 6.89. The van der Waals surface area contributed by atoms with Gasteiger partial charge in [0.1, 0.15) is 11.6 Å². The lowest BCUT2D eigenvalue weighted by molar-refractivity contribution is 0.475. The summed E-state index contributed by atoms with van der Waals surface area (Å²) < 4.78 is 0. The lowest BCUT2D eigenvalue weighted by Gasteiger charge is -2.09. The largest absolute Gasteiger partial charge is 0.507 e. The number of hydrogen-bond donors (Lipinski definition) is 2. The molecule has 0 saturated carbocycles. The molecule has 0 saturated heterocycles. The Kier molecular flexibility index (Phi) is 4.24. The SMILES string of the molecule is Cc1cc(C)c2nc(N/N=C/c3c(O)ccc4ccccc34)cc(C)c2c1. The zero-order valence-electron chi connectivity index (χ0n) is 15.6. The zero-order valence-corrected chi connectivity index (χ0v) is 15.6. The predicted molar refractivity (Wildman–Crippen MR) is 113 cm³/mol. The fourth-order valence-corrected chi connectivity index (χ4v) is 3.48. The number of phenols is 1. The van der Waals surface area contributed by atoms with Gasteiger partial charge in [-0.15, -0.1) is 0 Å². The molecule has 4 nitrogen and oxygen atoms in total. The van der Waals surface area contributed by atoms with Gasteiger partial charge in [0.25, 0.3) is 0 Å². The molecule has 1 heterocycles. The second kappa shape index (κ2) is 6.72. The Morgan fingerprint density at radius 2 is 1.74 bits per heavy atom. The molecule has 27 heavy (non-hydrogen) atoms. The Bertz CT molecular complexity index is 1200. The minimum absolute atomic E-state index is 0.202. The fraction of sp³-hybridized carbons (Fsp3) is 0.130. The van der Waals surface area contributed by atoms with Crippen molar-refractivity contribution in [3.8, 4) is 5.75 Å². The van der Waals surface area contributed by atoms with E-state index in [9.17, 15) is 5.11 Å². The van der Waals surface area contributed by atoms with Crippen molar-refractivity contribution in [1.82, 2.24) is 4.98 Å². The molecule has 0 fully saturated rings. The van der Waals surface area contributed by atoms with Crippen molar-refractivity contribution in [3.63, 3.8) is 0 Å². The van der Waals surface area contributed by atoms with Gasteiger partial charge in [-0.1, -0.05) is 42.0 Å². The van der Waals surface area contributed by atoms with Gasteiger partial charge in [0, 0.05) is 10.9 Å². The first-order valence-electron chi connectivity index (χ1n) is 8.91. The van der Waals surface area contributed by atoms with Crippen LogP contribution in [0.3, 0.4) is 0 Å². The number of anilines is 1. The van der Waals surface area contributed by atoms with Crippen LogP contribution in [0.25, 0.3) is 21.7 Å². The summed E-state index contributed by atoms with van der Waals surface area (Å²) in [5, 5.41) is 17.7. The number of aromatic hydroxyl groups is 1. The smallest absolute Gasteiger partial charge is 0.147 e. The number of hydrazone groups is 1. The minimum atomic E-state index is 0.202. The molecule has 4 rings (SSSR count). The average molecular weight is 355 g/mol. The van der Waals surface area contributed by atoms with Gasteiger partial charge in [0.2, 0.25) is 0 Å². The van der Waals surface area contributed by atoms with Crippen molar-refractivity contribution in [3.05, 3.63) is 76.9 Å². The molecule has 1 aromatic heterocycles. The third-order valence-electron chi connectivity index (χ3n) is 4.78. The van der Waals surface area contributed by atoms with Gasteiger partial charge in [-0.05, 0) is 60.9 Å². The number of nitrogens with one attached hydrogen (secondary N) is 1. The summed E-state index contributed by atoms with van der Waals surface area (Å²) in [5.41, 5.74) is 8.20. The maximum atomic E-state index is 10.2. The molecular formula is C23H21N3O. The number of hydrogen-bond acceptors (Lipinski definition) is 4. The van der Waals surface area contributed by atoms with Gasteiger partial charge in [0.15, 0.2) is 0 Å². The molecule has 0 bridgehead atoms. The Labute approximate surface area is 158 Å². The van der Waals surface area contributed by atoms with Crippen LogP contribution >= 0.6 is 0 Å². The molecular weight excluding hydrogens is 334 g/mol. The molecule has 0 aliphatic rings. The molecule has 0 unspecified atom stereocenters. The number of nitrogens with zero attached hydrogens (tertiary/aromatic N) is 2. The fourth-order valence-electron chi connectivity index (χ4n) is 3.48. The van der Waals surface area contributed by atoms with E-state index in [0.717, 1.165) is 32.8 Å². The minimum Gasteiger partial charge on any atom is -0.507 e. The highest BCUT2D eigenvalue weighted by atomic mass is 16.3. The van der Waals surface area contributed by atoms with Crippen molar-refractivity contribution in [2.24, 2.45) is 5.10 Å². The highest BCUT2D eigenvalue weighted by Crippen LogP contribution is 2.26. The molecule has 0 spiro atoms. The summed E-state index contributed by atoms with van der Waals surface area (Å²) >= 11 is 0. The summed E-state index contributed by atoms with van der Waals surface area (Å²) in [5.74, 6) is 0.885. The number of aromatic nitrogens is 1. The van der Waals surface area contributed by atoms with Crippen molar-refractivity contribution in [2.75, 3.05) is 5.43 Å². The maximum Gasteiger partial charge on any atom is 0.147 e. The topological polar surface area (TPSA) is 57.5 Å². The van der Waals surface area contributed by atoms with Crippen LogP contribution in [0.5, 0.6) is 5.75 Å². The monoisotopic (exact) mass is 355 g/mol. The van der Waals surface area contributed by atoms with E-state index in [1.807, 2.05) is 36.4 Å². The molecule has 3 aromatic carbocycles. The van der Waals surface area contributed by atoms with E-state index in [1.54, 1.807) is 12.3 Å². The van der Waals surface area contributed by atoms with E-state index in [0.29, 0.717) is 11.4 Å². The summed E-state index contributed by atoms with van der Waals surface area (Å²) in [6, 6.07) is 17.8. The molecule has 0 atom stereocenters. The van der Waals surface area contributed by atoms with E-state index < -0.39 is 0 Å². The van der Waals surface area contributed by atoms with E-state index >= 15 is 0 Å². The van der Waals surface area contributed by atoms with Gasteiger partial charge < -0.3 is 5.11 Å². The highest BCUT2D eigenvalue weighted by Gasteiger charge is 2.07. The maximum absolute atomic E-state index is 10.2. The molecule has 4 aromatic rings. The molecule has 2 N–H and O–H groups in total. The number of fused-ring (bicyclic) bond motifs is 2. The average Bonchev–Trinajstić information content (AvgIpc) is 2.64. The quantitative estimate of drug-likeness (QED) is 0.379. The van der Waals surface area contributed by atoms with Crippen LogP contribution < -0.4 is 5.43 Å². The predicted octanol–water partition coefficient (Wildman–Crippen LogP) is 5.46. The third-order valence-corrected chi connectivity index (χ3v) is 4.78. The summed E-state index contributed by atoms with van der Waals surface area (Å²) in [6.45, 7) is 6.25. The summed E-state index contributed by atoms with van der Waals surface area (Å²) in [6.07, 6.45) is 1.64. The normalized spacial score (nSPS) is 11.5. The highest BCUT2D eigenvalue weighted by molar-refractivity contribution is 6.02. The summed E-state index contributed by atoms with van der Waals surface area (Å²) in [4.78, 5) is 4.71. The van der Waals surface area contributed by atoms with Gasteiger partial charge in [-0.2, -0.15) is 5.10 Å². The molecule has 0 aliphatic carbocycles. The Balaban J connectivity index is 1.69. The van der Waals surface area contributed by atoms with Crippen molar-refractivity contribution < 1.29 is 5.11 Å². The first-order valence-corrected chi connectivity index (χ1v) is 8.91. The first-order chi connectivity index (χ1) is 13.0. The Hall–Kier alpha value is -3.40. The zero-order chi connectivity index (χ0) is 19.0. The summed E-state index contributed by atoms with van der Waals surface area (Å²) in [7, 11) is 0. The van der Waals surface area contributed by atoms with E-state index in [1.165, 1.54) is 5.56 Å². The van der Waals surface area contributed by atoms with Crippen LogP contribution in [0.4, 0.5) is 5.82 Å². The van der Waals surface area contributed by atoms with E-state index in [-0.39, 0.29) is 5.75 Å². The standard InChI is InChI=1S/C23H21N3O/c1-14-10-16(3)23-19(11-14)15(2)12-22(25-23)26-24-13-20-18-7-5-4-6-17(18)8-9-21(20)27/h4-13,27H,1-3H3,(H,25,26)/b24-13+. The van der Waals surface area contributed by atoms with Gasteiger partial charge in [-0.25, -0.2) is 4.98 Å². The Morgan fingerprint density at radius 1 is 0.926 bits per heavy atom. The van der Waals surface area contributed by atoms with Crippen LogP contribution in [0, 0.1) is 20.8 Å². The van der Waals surface area contributed by atoms with Crippen LogP contribution in [-0.2, 0) is 0 Å². The number of phenolic OH excluding ortho intramolecular Hbond substituents is 1. The van der Waals surface area contributed by atoms with Crippen LogP contribution in [0.1, 0.15) is 22.3 Å². The molecule has 4 heteroatoms. The lowest BCUT2D eigenvalue weighted by atomic mass is 10.0. The number of benzene rings is 3. The van der Waals surface area contributed by atoms with Crippen molar-refractivity contribution in [2.45, 2.75) is 20.8 Å². The van der Waals surface area contributed by atoms with Crippen molar-refractivity contribution in [1.29, 1.82) is 0 Å². The molecule has 0 radical (unpaired) electrons. The first kappa shape index (κ1) is 17.0. The van der Waals surface area contributed by atoms with E-state index in [4.69, 9.17) is 4.98 Å².